The van der Waals surface area contributed by atoms with Crippen molar-refractivity contribution in [2.24, 2.45) is 0 Å². The molecule has 0 saturated heterocycles. The van der Waals surface area contributed by atoms with Gasteiger partial charge in [-0.05, 0) is 18.6 Å². The van der Waals surface area contributed by atoms with Crippen LogP contribution in [0.5, 0.6) is 0 Å². The summed E-state index contributed by atoms with van der Waals surface area (Å²) in [6.45, 7) is 1.96. The van der Waals surface area contributed by atoms with Crippen molar-refractivity contribution in [3.05, 3.63) is 46.5 Å². The predicted molar refractivity (Wildman–Crippen MR) is 63.7 cm³/mol. The van der Waals surface area contributed by atoms with Crippen molar-refractivity contribution in [3.8, 4) is 0 Å². The summed E-state index contributed by atoms with van der Waals surface area (Å²) in [5.74, 6) is 0.373. The van der Waals surface area contributed by atoms with Crippen LogP contribution in [0.3, 0.4) is 0 Å². The maximum atomic E-state index is 11.3. The Bertz CT molecular complexity index is 562. The van der Waals surface area contributed by atoms with Crippen molar-refractivity contribution < 1.29 is 0 Å². The second-order valence-electron chi connectivity index (χ2n) is 3.43. The Morgan fingerprint density at radius 2 is 2.12 bits per heavy atom. The van der Waals surface area contributed by atoms with Crippen LogP contribution in [-0.2, 0) is 0 Å². The SMILES string of the molecule is Cc1ccccc1Nc1nc[nH]c(=O)c1N. The standard InChI is InChI=1S/C11H12N4O/c1-7-4-2-3-5-8(7)15-10-9(12)11(16)14-6-13-10/h2-6H,12H2,1H3,(H2,13,14,15,16). The van der Waals surface area contributed by atoms with Gasteiger partial charge < -0.3 is 16.0 Å². The van der Waals surface area contributed by atoms with Gasteiger partial charge in [0.2, 0.25) is 0 Å². The van der Waals surface area contributed by atoms with E-state index in [1.54, 1.807) is 0 Å². The van der Waals surface area contributed by atoms with E-state index in [-0.39, 0.29) is 11.2 Å². The molecule has 0 spiro atoms. The molecule has 0 saturated carbocycles. The molecule has 82 valence electrons. The van der Waals surface area contributed by atoms with Gasteiger partial charge in [-0.15, -0.1) is 0 Å². The Morgan fingerprint density at radius 1 is 1.38 bits per heavy atom. The first kappa shape index (κ1) is 10.2. The quantitative estimate of drug-likeness (QED) is 0.708. The number of nitrogens with one attached hydrogen (secondary N) is 2. The lowest BCUT2D eigenvalue weighted by atomic mass is 10.2. The Balaban J connectivity index is 2.38. The maximum absolute atomic E-state index is 11.3. The van der Waals surface area contributed by atoms with Crippen LogP contribution in [0.25, 0.3) is 0 Å². The molecule has 0 unspecified atom stereocenters. The van der Waals surface area contributed by atoms with E-state index in [0.717, 1.165) is 11.3 Å². The lowest BCUT2D eigenvalue weighted by Gasteiger charge is -2.09. The molecule has 4 N–H and O–H groups in total. The molecule has 16 heavy (non-hydrogen) atoms. The van der Waals surface area contributed by atoms with Gasteiger partial charge in [0, 0.05) is 5.69 Å². The highest BCUT2D eigenvalue weighted by molar-refractivity contribution is 5.69. The first-order valence-corrected chi connectivity index (χ1v) is 4.84. The minimum Gasteiger partial charge on any atom is -0.391 e. The topological polar surface area (TPSA) is 83.8 Å². The number of hydrogen-bond acceptors (Lipinski definition) is 4. The fraction of sp³-hybridized carbons (Fsp3) is 0.0909. The average molecular weight is 216 g/mol. The Labute approximate surface area is 92.3 Å². The van der Waals surface area contributed by atoms with Crippen molar-refractivity contribution in [3.63, 3.8) is 0 Å². The lowest BCUT2D eigenvalue weighted by molar-refractivity contribution is 1.12. The Morgan fingerprint density at radius 3 is 2.88 bits per heavy atom. The van der Waals surface area contributed by atoms with E-state index in [4.69, 9.17) is 5.73 Å². The molecule has 0 fully saturated rings. The summed E-state index contributed by atoms with van der Waals surface area (Å²) in [5.41, 5.74) is 7.30. The molecule has 0 aliphatic carbocycles. The zero-order valence-corrected chi connectivity index (χ0v) is 8.82. The van der Waals surface area contributed by atoms with Gasteiger partial charge >= 0.3 is 0 Å². The summed E-state index contributed by atoms with van der Waals surface area (Å²) in [7, 11) is 0. The number of hydrogen-bond donors (Lipinski definition) is 3. The molecule has 0 atom stereocenters. The second kappa shape index (κ2) is 4.06. The van der Waals surface area contributed by atoms with Crippen LogP contribution in [0.1, 0.15) is 5.56 Å². The highest BCUT2D eigenvalue weighted by Crippen LogP contribution is 2.20. The minimum atomic E-state index is -0.342. The molecule has 0 amide bonds. The van der Waals surface area contributed by atoms with Crippen molar-refractivity contribution in [2.75, 3.05) is 11.1 Å². The number of benzene rings is 1. The van der Waals surface area contributed by atoms with Gasteiger partial charge in [0.1, 0.15) is 5.69 Å². The molecule has 2 rings (SSSR count). The number of para-hydroxylation sites is 1. The zero-order valence-electron chi connectivity index (χ0n) is 8.82. The molecule has 2 aromatic rings. The number of H-pyrrole nitrogens is 1. The van der Waals surface area contributed by atoms with Gasteiger partial charge in [0.15, 0.2) is 5.82 Å². The number of nitrogens with two attached hydrogens (primary N) is 1. The molecule has 0 radical (unpaired) electrons. The van der Waals surface area contributed by atoms with Crippen LogP contribution in [-0.4, -0.2) is 9.97 Å². The first-order valence-electron chi connectivity index (χ1n) is 4.84. The smallest absolute Gasteiger partial charge is 0.276 e. The number of rotatable bonds is 2. The van der Waals surface area contributed by atoms with E-state index in [1.807, 2.05) is 31.2 Å². The molecular formula is C11H12N4O. The monoisotopic (exact) mass is 216 g/mol. The molecule has 1 aromatic heterocycles. The van der Waals surface area contributed by atoms with E-state index in [1.165, 1.54) is 6.33 Å². The van der Waals surface area contributed by atoms with Gasteiger partial charge in [-0.2, -0.15) is 0 Å². The average Bonchev–Trinajstić information content (AvgIpc) is 2.28. The van der Waals surface area contributed by atoms with E-state index < -0.39 is 0 Å². The summed E-state index contributed by atoms with van der Waals surface area (Å²) >= 11 is 0. The number of nitrogens with zero attached hydrogens (tertiary/aromatic N) is 1. The van der Waals surface area contributed by atoms with Crippen molar-refractivity contribution in [1.82, 2.24) is 9.97 Å². The van der Waals surface area contributed by atoms with Crippen molar-refractivity contribution in [2.45, 2.75) is 6.92 Å². The fourth-order valence-electron chi connectivity index (χ4n) is 1.35. The Hall–Kier alpha value is -2.30. The maximum Gasteiger partial charge on any atom is 0.276 e. The van der Waals surface area contributed by atoms with Gasteiger partial charge in [0.05, 0.1) is 6.33 Å². The summed E-state index contributed by atoms with van der Waals surface area (Å²) < 4.78 is 0. The summed E-state index contributed by atoms with van der Waals surface area (Å²) in [6.07, 6.45) is 1.32. The predicted octanol–water partition coefficient (Wildman–Crippen LogP) is 1.40. The molecule has 0 bridgehead atoms. The molecule has 1 heterocycles. The second-order valence-corrected chi connectivity index (χ2v) is 3.43. The lowest BCUT2D eigenvalue weighted by Crippen LogP contribution is -2.14. The molecule has 5 heteroatoms. The minimum absolute atomic E-state index is 0.0887. The van der Waals surface area contributed by atoms with Crippen LogP contribution < -0.4 is 16.6 Å². The number of aryl methyl sites for hydroxylation is 1. The van der Waals surface area contributed by atoms with Crippen LogP contribution in [0.2, 0.25) is 0 Å². The highest BCUT2D eigenvalue weighted by Gasteiger charge is 2.05. The number of aromatic nitrogens is 2. The van der Waals surface area contributed by atoms with Crippen molar-refractivity contribution in [1.29, 1.82) is 0 Å². The van der Waals surface area contributed by atoms with E-state index in [0.29, 0.717) is 5.82 Å². The van der Waals surface area contributed by atoms with E-state index in [2.05, 4.69) is 15.3 Å². The molecule has 0 aliphatic heterocycles. The van der Waals surface area contributed by atoms with Gasteiger partial charge in [-0.25, -0.2) is 4.98 Å². The summed E-state index contributed by atoms with van der Waals surface area (Å²) in [5, 5.41) is 3.03. The Kier molecular flexibility index (Phi) is 2.59. The van der Waals surface area contributed by atoms with Crippen LogP contribution in [0.4, 0.5) is 17.2 Å². The fourth-order valence-corrected chi connectivity index (χ4v) is 1.35. The molecule has 0 aliphatic rings. The first-order chi connectivity index (χ1) is 7.68. The third kappa shape index (κ3) is 1.88. The largest absolute Gasteiger partial charge is 0.391 e. The third-order valence-electron chi connectivity index (χ3n) is 2.29. The van der Waals surface area contributed by atoms with Gasteiger partial charge in [-0.1, -0.05) is 18.2 Å². The number of anilines is 3. The van der Waals surface area contributed by atoms with E-state index >= 15 is 0 Å². The molecule has 1 aromatic carbocycles. The molecule has 5 nitrogen and oxygen atoms in total. The normalized spacial score (nSPS) is 10.1. The van der Waals surface area contributed by atoms with Gasteiger partial charge in [-0.3, -0.25) is 4.79 Å². The van der Waals surface area contributed by atoms with Crippen LogP contribution in [0.15, 0.2) is 35.4 Å². The zero-order chi connectivity index (χ0) is 11.5. The van der Waals surface area contributed by atoms with Crippen LogP contribution in [0, 0.1) is 6.92 Å². The number of nitrogen functional groups attached to an aromatic ring is 1. The van der Waals surface area contributed by atoms with Crippen LogP contribution >= 0.6 is 0 Å². The highest BCUT2D eigenvalue weighted by atomic mass is 16.1. The number of aromatic amines is 1. The summed E-state index contributed by atoms with van der Waals surface area (Å²) in [4.78, 5) is 17.6. The third-order valence-corrected chi connectivity index (χ3v) is 2.29. The van der Waals surface area contributed by atoms with Crippen molar-refractivity contribution >= 4 is 17.2 Å². The summed E-state index contributed by atoms with van der Waals surface area (Å²) in [6, 6.07) is 7.71. The molecular weight excluding hydrogens is 204 g/mol. The van der Waals surface area contributed by atoms with E-state index in [9.17, 15) is 4.79 Å². The van der Waals surface area contributed by atoms with Gasteiger partial charge in [0.25, 0.3) is 5.56 Å².